The van der Waals surface area contributed by atoms with Gasteiger partial charge in [0.15, 0.2) is 5.69 Å². The number of rotatable bonds is 9. The Hall–Kier alpha value is -1.67. The zero-order valence-corrected chi connectivity index (χ0v) is 33.8. The van der Waals surface area contributed by atoms with Crippen LogP contribution in [0.15, 0.2) is 54.6 Å². The Kier molecular flexibility index (Phi) is 11.5. The molecule has 3 aliphatic rings. The average molecular weight is 719 g/mol. The number of nitrogens with zero attached hydrogens (tertiary/aromatic N) is 1. The minimum Gasteiger partial charge on any atom is -0.367 e. The van der Waals surface area contributed by atoms with Crippen LogP contribution in [0.25, 0.3) is 22.3 Å². The zero-order valence-electron chi connectivity index (χ0n) is 31.5. The molecule has 6 rings (SSSR count). The van der Waals surface area contributed by atoms with Crippen molar-refractivity contribution in [3.63, 3.8) is 0 Å². The molecule has 0 spiro atoms. The Morgan fingerprint density at radius 2 is 0.898 bits per heavy atom. The maximum absolute atomic E-state index is 7.90. The SMILES string of the molecule is CC(C)c1cccc(C(C)C)c1-c1cccc(-c2c(C(C)C)cccc2C(C)C)c1[N+]1=C[B-](C2CCCCC2)(C2CCCCC2)[Cl+][B-]1(Cl)Cl. The molecule has 2 fully saturated rings. The molecule has 1 heterocycles. The molecule has 0 aromatic heterocycles. The molecule has 3 aromatic carbocycles. The van der Waals surface area contributed by atoms with Crippen molar-refractivity contribution in [3.05, 3.63) is 76.9 Å². The Labute approximate surface area is 312 Å². The lowest BCUT2D eigenvalue weighted by atomic mass is 9.29. The standard InChI is InChI=1S/C43H60B2Cl3N/c1-29(2)35-22-15-23-36(30(3)4)41(35)39-26-17-27-40(42-37(31(5)6)24-16-25-38(42)32(7)8)43(39)49-28-44(48-45(49,46)47,33-18-11-9-12-19-33)34-20-13-10-14-21-34/h15-17,22-34H,9-14,18-21H2,1-8H3. The largest absolute Gasteiger partial charge is 0.670 e. The van der Waals surface area contributed by atoms with Crippen molar-refractivity contribution in [2.24, 2.45) is 0 Å². The van der Waals surface area contributed by atoms with Crippen molar-refractivity contribution in [1.82, 2.24) is 0 Å². The Morgan fingerprint density at radius 1 is 0.551 bits per heavy atom. The second kappa shape index (κ2) is 15.1. The van der Waals surface area contributed by atoms with E-state index >= 15 is 0 Å². The van der Waals surface area contributed by atoms with Gasteiger partial charge in [0, 0.05) is 17.2 Å². The zero-order chi connectivity index (χ0) is 35.1. The smallest absolute Gasteiger partial charge is 0.367 e. The van der Waals surface area contributed by atoms with Crippen molar-refractivity contribution in [3.8, 4) is 22.3 Å². The molecule has 0 unspecified atom stereocenters. The molecule has 0 atom stereocenters. The first-order valence-corrected chi connectivity index (χ1v) is 21.5. The molecule has 3 aromatic rings. The van der Waals surface area contributed by atoms with E-state index in [1.807, 2.05) is 0 Å². The van der Waals surface area contributed by atoms with Crippen LogP contribution >= 0.6 is 22.9 Å². The maximum Gasteiger partial charge on any atom is 0.670 e. The molecule has 0 amide bonds. The lowest BCUT2D eigenvalue weighted by Crippen LogP contribution is -2.50. The third-order valence-corrected chi connectivity index (χ3v) is 15.2. The monoisotopic (exact) mass is 717 g/mol. The summed E-state index contributed by atoms with van der Waals surface area (Å²) in [7, 11) is 2.73. The Balaban J connectivity index is 1.75. The molecule has 0 radical (unpaired) electrons. The van der Waals surface area contributed by atoms with E-state index in [2.05, 4.69) is 131 Å². The lowest BCUT2D eigenvalue weighted by Gasteiger charge is -2.42. The number of para-hydroxylation sites is 1. The van der Waals surface area contributed by atoms with Crippen molar-refractivity contribution in [1.29, 1.82) is 0 Å². The first-order chi connectivity index (χ1) is 23.4. The third-order valence-electron chi connectivity index (χ3n) is 12.4. The highest BCUT2D eigenvalue weighted by Crippen LogP contribution is 2.56. The van der Waals surface area contributed by atoms with E-state index < -0.39 is 10.1 Å². The van der Waals surface area contributed by atoms with Crippen LogP contribution in [0, 0.1) is 10.5 Å². The first-order valence-electron chi connectivity index (χ1n) is 19.8. The number of hydrogen-bond acceptors (Lipinski definition) is 0. The fraction of sp³-hybridized carbons (Fsp3) is 0.558. The summed E-state index contributed by atoms with van der Waals surface area (Å²) in [6.07, 6.45) is 15.9. The topological polar surface area (TPSA) is 3.01 Å². The van der Waals surface area contributed by atoms with Gasteiger partial charge in [0.25, 0.3) is 0 Å². The molecule has 0 bridgehead atoms. The van der Waals surface area contributed by atoms with Gasteiger partial charge >= 0.3 is 10.1 Å². The van der Waals surface area contributed by atoms with E-state index in [9.17, 15) is 0 Å². The van der Waals surface area contributed by atoms with Gasteiger partial charge in [-0.15, -0.1) is 11.6 Å². The molecule has 0 saturated heterocycles. The van der Waals surface area contributed by atoms with Crippen LogP contribution in [0.3, 0.4) is 0 Å². The summed E-state index contributed by atoms with van der Waals surface area (Å²) in [5.74, 6) is 2.80. The Morgan fingerprint density at radius 3 is 1.24 bits per heavy atom. The van der Waals surface area contributed by atoms with E-state index in [1.54, 1.807) is 0 Å². The van der Waals surface area contributed by atoms with Gasteiger partial charge < -0.3 is 4.49 Å². The minimum absolute atomic E-state index is 0.377. The van der Waals surface area contributed by atoms with Crippen LogP contribution < -0.4 is 0 Å². The molecular weight excluding hydrogens is 658 g/mol. The second-order valence-electron chi connectivity index (χ2n) is 16.9. The summed E-state index contributed by atoms with van der Waals surface area (Å²) in [6, 6.07) is 21.0. The average Bonchev–Trinajstić information content (AvgIpc) is 3.39. The fourth-order valence-electron chi connectivity index (χ4n) is 9.99. The van der Waals surface area contributed by atoms with Gasteiger partial charge in [-0.25, -0.2) is 22.9 Å². The van der Waals surface area contributed by atoms with Crippen LogP contribution in [-0.4, -0.2) is 20.7 Å². The predicted molar refractivity (Wildman–Crippen MR) is 217 cm³/mol. The van der Waals surface area contributed by atoms with Crippen molar-refractivity contribution >= 4 is 44.8 Å². The van der Waals surface area contributed by atoms with Gasteiger partial charge in [0.1, 0.15) is 0 Å². The van der Waals surface area contributed by atoms with Gasteiger partial charge in [-0.1, -0.05) is 162 Å². The van der Waals surface area contributed by atoms with E-state index in [4.69, 9.17) is 22.9 Å². The quantitative estimate of drug-likeness (QED) is 0.194. The van der Waals surface area contributed by atoms with Gasteiger partial charge in [-0.05, 0) is 69.2 Å². The molecule has 264 valence electrons. The van der Waals surface area contributed by atoms with Gasteiger partial charge in [0.2, 0.25) is 0 Å². The van der Waals surface area contributed by atoms with E-state index in [-0.39, 0.29) is 0 Å². The van der Waals surface area contributed by atoms with Crippen LogP contribution in [0.5, 0.6) is 0 Å². The van der Waals surface area contributed by atoms with Crippen LogP contribution in [-0.2, 0) is 0 Å². The maximum atomic E-state index is 7.90. The molecule has 0 N–H and O–H groups in total. The molecule has 2 saturated carbocycles. The van der Waals surface area contributed by atoms with Gasteiger partial charge in [-0.2, -0.15) is 0 Å². The minimum atomic E-state index is -2.04. The highest BCUT2D eigenvalue weighted by atomic mass is 35.6. The summed E-state index contributed by atoms with van der Waals surface area (Å²) < 4.78 is 0.416. The van der Waals surface area contributed by atoms with Crippen LogP contribution in [0.2, 0.25) is 11.6 Å². The number of halogens is 3. The van der Waals surface area contributed by atoms with Crippen molar-refractivity contribution in [2.75, 3.05) is 0 Å². The van der Waals surface area contributed by atoms with E-state index in [0.717, 1.165) is 0 Å². The van der Waals surface area contributed by atoms with Crippen molar-refractivity contribution < 1.29 is 15.0 Å². The molecule has 6 heteroatoms. The lowest BCUT2D eigenvalue weighted by molar-refractivity contribution is -0.458. The summed E-state index contributed by atoms with van der Waals surface area (Å²) in [5, 5.41) is 0. The molecule has 2 aliphatic carbocycles. The third kappa shape index (κ3) is 7.09. The summed E-state index contributed by atoms with van der Waals surface area (Å²) in [4.78, 5) is 0. The summed E-state index contributed by atoms with van der Waals surface area (Å²) in [6.45, 7) is 18.7. The fourth-order valence-corrected chi connectivity index (χ4v) is 13.2. The summed E-state index contributed by atoms with van der Waals surface area (Å²) in [5.41, 5.74) is 11.0. The van der Waals surface area contributed by atoms with E-state index in [0.29, 0.717) is 35.3 Å². The number of benzene rings is 3. The molecule has 49 heavy (non-hydrogen) atoms. The van der Waals surface area contributed by atoms with Crippen LogP contribution in [0.1, 0.15) is 166 Å². The normalized spacial score (nSPS) is 20.2. The molecule has 1 aliphatic heterocycles. The first kappa shape index (κ1) is 37.1. The second-order valence-corrected chi connectivity index (χ2v) is 20.5. The summed E-state index contributed by atoms with van der Waals surface area (Å²) >= 11 is 15.8. The van der Waals surface area contributed by atoms with Gasteiger partial charge in [0.05, 0.1) is 0 Å². The highest BCUT2D eigenvalue weighted by Gasteiger charge is 2.65. The predicted octanol–water partition coefficient (Wildman–Crippen LogP) is 14.4. The van der Waals surface area contributed by atoms with E-state index in [1.165, 1.54) is 114 Å². The van der Waals surface area contributed by atoms with Gasteiger partial charge in [-0.3, -0.25) is 10.5 Å². The molecule has 1 nitrogen and oxygen atoms in total. The highest BCUT2D eigenvalue weighted by molar-refractivity contribution is 7.40. The van der Waals surface area contributed by atoms with Crippen molar-refractivity contribution in [2.45, 2.75) is 155 Å². The number of hydrogen-bond donors (Lipinski definition) is 0. The van der Waals surface area contributed by atoms with Crippen LogP contribution in [0.4, 0.5) is 5.69 Å². The molecular formula is C43H60B2Cl3N. The Bertz CT molecular complexity index is 1510.